The lowest BCUT2D eigenvalue weighted by molar-refractivity contribution is 0.651. The number of halogens is 1. The van der Waals surface area contributed by atoms with Crippen molar-refractivity contribution >= 4 is 33.1 Å². The monoisotopic (exact) mass is 288 g/mol. The Labute approximate surface area is 101 Å². The topological polar surface area (TPSA) is 42.3 Å². The SMILES string of the molecule is CC(C)(C)[S@@](=O)/N=C/c1ccncc1Br. The van der Waals surface area contributed by atoms with Gasteiger partial charge in [0.1, 0.15) is 11.0 Å². The smallest absolute Gasteiger partial charge is 0.144 e. The lowest BCUT2D eigenvalue weighted by atomic mass is 10.3. The van der Waals surface area contributed by atoms with E-state index in [0.717, 1.165) is 10.0 Å². The van der Waals surface area contributed by atoms with Gasteiger partial charge in [-0.2, -0.15) is 4.40 Å². The van der Waals surface area contributed by atoms with Crippen LogP contribution in [0, 0.1) is 0 Å². The number of rotatable bonds is 2. The first-order valence-corrected chi connectivity index (χ1v) is 6.37. The maximum Gasteiger partial charge on any atom is 0.144 e. The fourth-order valence-electron chi connectivity index (χ4n) is 0.753. The second-order valence-electron chi connectivity index (χ2n) is 3.99. The lowest BCUT2D eigenvalue weighted by Gasteiger charge is -2.12. The molecule has 0 N–H and O–H groups in total. The fraction of sp³-hybridized carbons (Fsp3) is 0.400. The molecule has 0 aromatic carbocycles. The van der Waals surface area contributed by atoms with Crippen molar-refractivity contribution in [2.24, 2.45) is 4.40 Å². The molecule has 1 aromatic heterocycles. The first-order chi connectivity index (χ1) is 6.91. The van der Waals surface area contributed by atoms with E-state index in [2.05, 4.69) is 25.3 Å². The van der Waals surface area contributed by atoms with Crippen molar-refractivity contribution < 1.29 is 4.21 Å². The molecule has 0 aliphatic heterocycles. The van der Waals surface area contributed by atoms with Gasteiger partial charge in [-0.05, 0) is 42.8 Å². The van der Waals surface area contributed by atoms with Crippen LogP contribution in [-0.4, -0.2) is 20.2 Å². The Hall–Kier alpha value is -0.550. The highest BCUT2D eigenvalue weighted by molar-refractivity contribution is 9.10. The fourth-order valence-corrected chi connectivity index (χ4v) is 1.63. The van der Waals surface area contributed by atoms with Gasteiger partial charge in [0.05, 0.1) is 4.75 Å². The van der Waals surface area contributed by atoms with Gasteiger partial charge in [0.25, 0.3) is 0 Å². The first-order valence-electron chi connectivity index (χ1n) is 4.47. The van der Waals surface area contributed by atoms with Gasteiger partial charge in [-0.15, -0.1) is 0 Å². The van der Waals surface area contributed by atoms with Crippen molar-refractivity contribution in [2.75, 3.05) is 0 Å². The van der Waals surface area contributed by atoms with Gasteiger partial charge in [0, 0.05) is 28.6 Å². The Morgan fingerprint density at radius 1 is 1.53 bits per heavy atom. The molecule has 0 fully saturated rings. The molecule has 0 saturated carbocycles. The maximum atomic E-state index is 11.6. The lowest BCUT2D eigenvalue weighted by Crippen LogP contribution is -2.19. The summed E-state index contributed by atoms with van der Waals surface area (Å²) in [7, 11) is -1.22. The van der Waals surface area contributed by atoms with Crippen LogP contribution >= 0.6 is 15.9 Å². The van der Waals surface area contributed by atoms with Gasteiger partial charge >= 0.3 is 0 Å². The maximum absolute atomic E-state index is 11.6. The zero-order valence-corrected chi connectivity index (χ0v) is 11.3. The summed E-state index contributed by atoms with van der Waals surface area (Å²) in [6, 6.07) is 1.81. The molecule has 0 radical (unpaired) electrons. The van der Waals surface area contributed by atoms with Crippen LogP contribution in [0.1, 0.15) is 26.3 Å². The summed E-state index contributed by atoms with van der Waals surface area (Å²) in [4.78, 5) is 3.94. The van der Waals surface area contributed by atoms with Crippen LogP contribution in [0.2, 0.25) is 0 Å². The molecule has 0 bridgehead atoms. The molecule has 0 unspecified atom stereocenters. The zero-order chi connectivity index (χ0) is 11.5. The van der Waals surface area contributed by atoms with Gasteiger partial charge in [0.2, 0.25) is 0 Å². The minimum Gasteiger partial charge on any atom is -0.264 e. The standard InChI is InChI=1S/C10H13BrN2OS/c1-10(2,3)15(14)13-6-8-4-5-12-7-9(8)11/h4-7H,1-3H3/b13-6+/t15-/m1/s1. The van der Waals surface area contributed by atoms with Gasteiger partial charge in [-0.1, -0.05) is 0 Å². The number of hydrogen-bond acceptors (Lipinski definition) is 2. The van der Waals surface area contributed by atoms with Crippen LogP contribution in [-0.2, 0) is 11.0 Å². The highest BCUT2D eigenvalue weighted by atomic mass is 79.9. The molecule has 1 aromatic rings. The number of nitrogens with zero attached hydrogens (tertiary/aromatic N) is 2. The van der Waals surface area contributed by atoms with Crippen molar-refractivity contribution in [3.63, 3.8) is 0 Å². The first kappa shape index (κ1) is 12.5. The minimum absolute atomic E-state index is 0.323. The van der Waals surface area contributed by atoms with E-state index in [1.165, 1.54) is 0 Å². The Morgan fingerprint density at radius 2 is 2.20 bits per heavy atom. The van der Waals surface area contributed by atoms with E-state index < -0.39 is 11.0 Å². The van der Waals surface area contributed by atoms with E-state index in [1.807, 2.05) is 26.8 Å². The molecule has 0 aliphatic rings. The van der Waals surface area contributed by atoms with Crippen LogP contribution in [0.3, 0.4) is 0 Å². The van der Waals surface area contributed by atoms with Crippen molar-refractivity contribution in [1.82, 2.24) is 4.98 Å². The van der Waals surface area contributed by atoms with Crippen LogP contribution in [0.15, 0.2) is 27.3 Å². The highest BCUT2D eigenvalue weighted by Crippen LogP contribution is 2.15. The van der Waals surface area contributed by atoms with E-state index in [1.54, 1.807) is 18.6 Å². The molecular formula is C10H13BrN2OS. The average molecular weight is 289 g/mol. The summed E-state index contributed by atoms with van der Waals surface area (Å²) in [5.41, 5.74) is 0.877. The molecule has 0 saturated heterocycles. The van der Waals surface area contributed by atoms with Crippen LogP contribution in [0.25, 0.3) is 0 Å². The summed E-state index contributed by atoms with van der Waals surface area (Å²) in [6.07, 6.45) is 4.96. The summed E-state index contributed by atoms with van der Waals surface area (Å²) < 4.78 is 16.2. The second kappa shape index (κ2) is 4.99. The predicted molar refractivity (Wildman–Crippen MR) is 67.4 cm³/mol. The third-order valence-electron chi connectivity index (χ3n) is 1.62. The van der Waals surface area contributed by atoms with E-state index >= 15 is 0 Å². The van der Waals surface area contributed by atoms with E-state index in [4.69, 9.17) is 0 Å². The van der Waals surface area contributed by atoms with Crippen LogP contribution in [0.4, 0.5) is 0 Å². The third kappa shape index (κ3) is 3.83. The molecule has 0 aliphatic carbocycles. The molecule has 1 heterocycles. The normalized spacial score (nSPS) is 14.4. The molecular weight excluding hydrogens is 276 g/mol. The molecule has 1 atom stereocenters. The molecule has 5 heteroatoms. The second-order valence-corrected chi connectivity index (χ2v) is 6.78. The molecule has 3 nitrogen and oxygen atoms in total. The number of pyridine rings is 1. The molecule has 0 amide bonds. The Bertz CT molecular complexity index is 399. The van der Waals surface area contributed by atoms with E-state index in [0.29, 0.717) is 0 Å². The van der Waals surface area contributed by atoms with E-state index in [-0.39, 0.29) is 4.75 Å². The average Bonchev–Trinajstić information content (AvgIpc) is 2.14. The zero-order valence-electron chi connectivity index (χ0n) is 8.90. The van der Waals surface area contributed by atoms with Gasteiger partial charge in [-0.25, -0.2) is 4.21 Å². The quantitative estimate of drug-likeness (QED) is 0.786. The van der Waals surface area contributed by atoms with Crippen LogP contribution < -0.4 is 0 Å². The van der Waals surface area contributed by atoms with Crippen molar-refractivity contribution in [3.05, 3.63) is 28.5 Å². The van der Waals surface area contributed by atoms with Crippen molar-refractivity contribution in [2.45, 2.75) is 25.5 Å². The van der Waals surface area contributed by atoms with Crippen molar-refractivity contribution in [1.29, 1.82) is 0 Å². The number of aromatic nitrogens is 1. The Balaban J connectivity index is 2.84. The Kier molecular flexibility index (Phi) is 4.16. The van der Waals surface area contributed by atoms with E-state index in [9.17, 15) is 4.21 Å². The van der Waals surface area contributed by atoms with Gasteiger partial charge in [0.15, 0.2) is 0 Å². The van der Waals surface area contributed by atoms with Crippen molar-refractivity contribution in [3.8, 4) is 0 Å². The predicted octanol–water partition coefficient (Wildman–Crippen LogP) is 2.73. The highest BCUT2D eigenvalue weighted by Gasteiger charge is 2.18. The molecule has 15 heavy (non-hydrogen) atoms. The Morgan fingerprint density at radius 3 is 2.73 bits per heavy atom. The summed E-state index contributed by atoms with van der Waals surface area (Å²) in [5, 5.41) is 0. The molecule has 82 valence electrons. The van der Waals surface area contributed by atoms with Gasteiger partial charge in [-0.3, -0.25) is 4.98 Å². The van der Waals surface area contributed by atoms with Crippen LogP contribution in [0.5, 0.6) is 0 Å². The summed E-state index contributed by atoms with van der Waals surface area (Å²) in [6.45, 7) is 5.67. The number of hydrogen-bond donors (Lipinski definition) is 0. The third-order valence-corrected chi connectivity index (χ3v) is 3.62. The summed E-state index contributed by atoms with van der Waals surface area (Å²) in [5.74, 6) is 0. The molecule has 1 rings (SSSR count). The van der Waals surface area contributed by atoms with Gasteiger partial charge < -0.3 is 0 Å². The largest absolute Gasteiger partial charge is 0.264 e. The summed E-state index contributed by atoms with van der Waals surface area (Å²) >= 11 is 3.34. The molecule has 0 spiro atoms. The minimum atomic E-state index is -1.22.